The van der Waals surface area contributed by atoms with Gasteiger partial charge in [0.25, 0.3) is 0 Å². The van der Waals surface area contributed by atoms with Crippen LogP contribution in [0.5, 0.6) is 5.75 Å². The molecule has 0 radical (unpaired) electrons. The van der Waals surface area contributed by atoms with E-state index >= 15 is 0 Å². The van der Waals surface area contributed by atoms with Gasteiger partial charge in [-0.05, 0) is 71.0 Å². The van der Waals surface area contributed by atoms with Crippen molar-refractivity contribution in [3.63, 3.8) is 0 Å². The predicted octanol–water partition coefficient (Wildman–Crippen LogP) is 7.95. The summed E-state index contributed by atoms with van der Waals surface area (Å²) in [6.07, 6.45) is 6.96. The third kappa shape index (κ3) is 9.08. The molecule has 0 bridgehead atoms. The molecule has 228 valence electrons. The number of amidine groups is 1. The summed E-state index contributed by atoms with van der Waals surface area (Å²) in [6.45, 7) is 7.14. The first-order valence-corrected chi connectivity index (χ1v) is 14.9. The molecule has 0 aliphatic heterocycles. The number of oxime groups is 1. The molecule has 3 N–H and O–H groups in total. The van der Waals surface area contributed by atoms with E-state index in [0.717, 1.165) is 41.7 Å². The molecule has 0 spiro atoms. The number of ether oxygens (including phenoxy) is 2. The molecule has 1 unspecified atom stereocenters. The fraction of sp³-hybridized carbons (Fsp3) is 0.263. The van der Waals surface area contributed by atoms with E-state index in [1.165, 1.54) is 18.2 Å². The molecule has 1 atom stereocenters. The highest BCUT2D eigenvalue weighted by molar-refractivity contribution is 5.97. The first-order chi connectivity index (χ1) is 21.2. The maximum absolute atomic E-state index is 11.9. The number of methoxy groups -OCH3 is 1. The van der Waals surface area contributed by atoms with Gasteiger partial charge in [0.05, 0.1) is 12.7 Å². The lowest BCUT2D eigenvalue weighted by atomic mass is 9.87. The van der Waals surface area contributed by atoms with Crippen molar-refractivity contribution in [2.45, 2.75) is 52.1 Å². The average Bonchev–Trinajstić information content (AvgIpc) is 3.05. The summed E-state index contributed by atoms with van der Waals surface area (Å²) in [5.74, 6) is 0.810. The molecule has 4 rings (SSSR count). The number of benzene rings is 4. The molecule has 0 aliphatic carbocycles. The second-order valence-electron chi connectivity index (χ2n) is 12.0. The molecule has 6 heteroatoms. The standard InChI is InChI=1S/C38H42N2O4/c1-38(2,3)34-23-16-30(17-24-34)26-44-35-8-6-5-7-31(35)18-13-28(25-29-14-21-33(22-15-29)37(41)43-4)10-9-27-11-19-32(20-12-27)36(39)40-42/h5-8,11-24,28,42H,9-10,25-26H2,1-4H3,(H2,39,40)/b18-13+. The number of nitrogens with zero attached hydrogens (tertiary/aromatic N) is 1. The van der Waals surface area contributed by atoms with Crippen LogP contribution in [0.15, 0.2) is 108 Å². The van der Waals surface area contributed by atoms with Crippen LogP contribution in [-0.2, 0) is 29.6 Å². The maximum Gasteiger partial charge on any atom is 0.337 e. The number of carbonyl (C=O) groups is 1. The average molecular weight is 591 g/mol. The number of para-hydroxylation sites is 1. The molecule has 4 aromatic carbocycles. The fourth-order valence-electron chi connectivity index (χ4n) is 4.97. The normalized spacial score (nSPS) is 12.7. The Hall–Kier alpha value is -4.84. The lowest BCUT2D eigenvalue weighted by Crippen LogP contribution is -2.12. The van der Waals surface area contributed by atoms with Crippen LogP contribution < -0.4 is 10.5 Å². The smallest absolute Gasteiger partial charge is 0.337 e. The molecule has 0 aromatic heterocycles. The quantitative estimate of drug-likeness (QED) is 0.0574. The van der Waals surface area contributed by atoms with Crippen LogP contribution in [0.3, 0.4) is 0 Å². The van der Waals surface area contributed by atoms with Gasteiger partial charge < -0.3 is 20.4 Å². The zero-order valence-electron chi connectivity index (χ0n) is 26.0. The van der Waals surface area contributed by atoms with E-state index in [0.29, 0.717) is 17.7 Å². The van der Waals surface area contributed by atoms with Crippen molar-refractivity contribution < 1.29 is 19.5 Å². The Bertz CT molecular complexity index is 1570. The van der Waals surface area contributed by atoms with Crippen LogP contribution in [0.2, 0.25) is 0 Å². The Balaban J connectivity index is 1.49. The second-order valence-corrected chi connectivity index (χ2v) is 12.0. The van der Waals surface area contributed by atoms with Crippen molar-refractivity contribution in [2.75, 3.05) is 7.11 Å². The first-order valence-electron chi connectivity index (χ1n) is 14.9. The number of allylic oxidation sites excluding steroid dienone is 1. The van der Waals surface area contributed by atoms with E-state index in [2.05, 4.69) is 68.4 Å². The molecule has 44 heavy (non-hydrogen) atoms. The minimum atomic E-state index is -0.343. The van der Waals surface area contributed by atoms with E-state index in [-0.39, 0.29) is 23.1 Å². The van der Waals surface area contributed by atoms with Gasteiger partial charge >= 0.3 is 5.97 Å². The summed E-state index contributed by atoms with van der Waals surface area (Å²) in [5.41, 5.74) is 12.8. The molecule has 0 heterocycles. The lowest BCUT2D eigenvalue weighted by molar-refractivity contribution is 0.0600. The summed E-state index contributed by atoms with van der Waals surface area (Å²) in [7, 11) is 1.39. The Morgan fingerprint density at radius 3 is 2.11 bits per heavy atom. The van der Waals surface area contributed by atoms with E-state index < -0.39 is 0 Å². The molecular formula is C38H42N2O4. The van der Waals surface area contributed by atoms with Gasteiger partial charge in [0, 0.05) is 11.1 Å². The fourth-order valence-corrected chi connectivity index (χ4v) is 4.97. The van der Waals surface area contributed by atoms with Gasteiger partial charge in [0.1, 0.15) is 12.4 Å². The van der Waals surface area contributed by atoms with E-state index in [1.54, 1.807) is 0 Å². The number of hydrogen-bond donors (Lipinski definition) is 2. The number of rotatable bonds is 12. The Morgan fingerprint density at radius 1 is 0.864 bits per heavy atom. The van der Waals surface area contributed by atoms with Gasteiger partial charge in [-0.2, -0.15) is 0 Å². The maximum atomic E-state index is 11.9. The van der Waals surface area contributed by atoms with E-state index in [9.17, 15) is 4.79 Å². The highest BCUT2D eigenvalue weighted by Gasteiger charge is 2.14. The van der Waals surface area contributed by atoms with Gasteiger partial charge in [-0.15, -0.1) is 0 Å². The molecule has 4 aromatic rings. The molecule has 0 aliphatic rings. The van der Waals surface area contributed by atoms with Crippen molar-refractivity contribution in [2.24, 2.45) is 16.8 Å². The molecule has 0 saturated carbocycles. The van der Waals surface area contributed by atoms with Crippen LogP contribution in [0.4, 0.5) is 0 Å². The van der Waals surface area contributed by atoms with Gasteiger partial charge in [0.2, 0.25) is 0 Å². The van der Waals surface area contributed by atoms with Crippen molar-refractivity contribution in [3.8, 4) is 5.75 Å². The second kappa shape index (κ2) is 15.1. The van der Waals surface area contributed by atoms with Crippen LogP contribution >= 0.6 is 0 Å². The van der Waals surface area contributed by atoms with Crippen molar-refractivity contribution in [1.29, 1.82) is 0 Å². The molecular weight excluding hydrogens is 548 g/mol. The first kappa shape index (κ1) is 32.1. The monoisotopic (exact) mass is 590 g/mol. The minimum Gasteiger partial charge on any atom is -0.488 e. The van der Waals surface area contributed by atoms with Crippen molar-refractivity contribution in [1.82, 2.24) is 0 Å². The number of nitrogens with two attached hydrogens (primary N) is 1. The number of carbonyl (C=O) groups excluding carboxylic acids is 1. The largest absolute Gasteiger partial charge is 0.488 e. The van der Waals surface area contributed by atoms with Crippen molar-refractivity contribution >= 4 is 17.9 Å². The summed E-state index contributed by atoms with van der Waals surface area (Å²) >= 11 is 0. The Labute approximate surface area is 260 Å². The number of aryl methyl sites for hydroxylation is 1. The number of hydrogen-bond acceptors (Lipinski definition) is 5. The van der Waals surface area contributed by atoms with E-state index in [1.807, 2.05) is 66.7 Å². The minimum absolute atomic E-state index is 0.0931. The third-order valence-electron chi connectivity index (χ3n) is 7.72. The van der Waals surface area contributed by atoms with Gasteiger partial charge in [-0.3, -0.25) is 0 Å². The summed E-state index contributed by atoms with van der Waals surface area (Å²) in [4.78, 5) is 11.9. The zero-order valence-corrected chi connectivity index (χ0v) is 26.0. The van der Waals surface area contributed by atoms with Crippen LogP contribution in [-0.4, -0.2) is 24.1 Å². The lowest BCUT2D eigenvalue weighted by Gasteiger charge is -2.19. The summed E-state index contributed by atoms with van der Waals surface area (Å²) in [5, 5.41) is 12.0. The van der Waals surface area contributed by atoms with Gasteiger partial charge in [0.15, 0.2) is 5.84 Å². The molecule has 6 nitrogen and oxygen atoms in total. The Morgan fingerprint density at radius 2 is 1.48 bits per heavy atom. The third-order valence-corrected chi connectivity index (χ3v) is 7.72. The van der Waals surface area contributed by atoms with Crippen LogP contribution in [0, 0.1) is 5.92 Å². The predicted molar refractivity (Wildman–Crippen MR) is 177 cm³/mol. The van der Waals surface area contributed by atoms with Gasteiger partial charge in [-0.25, -0.2) is 4.79 Å². The zero-order chi connectivity index (χ0) is 31.5. The highest BCUT2D eigenvalue weighted by Crippen LogP contribution is 2.26. The topological polar surface area (TPSA) is 94.1 Å². The SMILES string of the molecule is COC(=O)c1ccc(CC(/C=C/c2ccccc2OCc2ccc(C(C)(C)C)cc2)CCc2ccc(/C(N)=N\O)cc2)cc1. The van der Waals surface area contributed by atoms with Crippen LogP contribution in [0.1, 0.15) is 70.9 Å². The summed E-state index contributed by atoms with van der Waals surface area (Å²) in [6, 6.07) is 32.1. The summed E-state index contributed by atoms with van der Waals surface area (Å²) < 4.78 is 11.1. The molecule has 0 amide bonds. The van der Waals surface area contributed by atoms with E-state index in [4.69, 9.17) is 20.4 Å². The Kier molecular flexibility index (Phi) is 11.0. The number of esters is 1. The molecule has 0 saturated heterocycles. The van der Waals surface area contributed by atoms with Crippen molar-refractivity contribution in [3.05, 3.63) is 142 Å². The van der Waals surface area contributed by atoms with Crippen LogP contribution in [0.25, 0.3) is 6.08 Å². The van der Waals surface area contributed by atoms with Gasteiger partial charge in [-0.1, -0.05) is 117 Å². The molecule has 0 fully saturated rings. The highest BCUT2D eigenvalue weighted by atomic mass is 16.5.